The first-order valence-electron chi connectivity index (χ1n) is 4.60. The topological polar surface area (TPSA) is 29.0 Å². The van der Waals surface area contributed by atoms with E-state index in [1.807, 2.05) is 18.5 Å². The first-order valence-corrected chi connectivity index (χ1v) is 8.73. The second-order valence-electron chi connectivity index (χ2n) is 2.78. The van der Waals surface area contributed by atoms with Gasteiger partial charge in [0.1, 0.15) is 0 Å². The molecule has 0 unspecified atom stereocenters. The Labute approximate surface area is 90.2 Å². The fraction of sp³-hybridized carbons (Fsp3) is 0.556. The van der Waals surface area contributed by atoms with E-state index in [0.29, 0.717) is 0 Å². The van der Waals surface area contributed by atoms with Crippen molar-refractivity contribution in [2.45, 2.75) is 24.7 Å². The van der Waals surface area contributed by atoms with E-state index in [0.717, 1.165) is 12.5 Å². The van der Waals surface area contributed by atoms with Crippen LogP contribution in [0.1, 0.15) is 19.8 Å². The van der Waals surface area contributed by atoms with Crippen LogP contribution in [-0.2, 0) is 0 Å². The van der Waals surface area contributed by atoms with Crippen LogP contribution in [0.3, 0.4) is 0 Å². The van der Waals surface area contributed by atoms with Crippen molar-refractivity contribution in [1.29, 1.82) is 0 Å². The summed E-state index contributed by atoms with van der Waals surface area (Å²) in [6, 6.07) is 1.86. The predicted octanol–water partition coefficient (Wildman–Crippen LogP) is 1.75. The number of anilines is 1. The van der Waals surface area contributed by atoms with Crippen LogP contribution in [0.4, 0.5) is 5.95 Å². The summed E-state index contributed by atoms with van der Waals surface area (Å²) in [5.74, 6) is 0.921. The van der Waals surface area contributed by atoms with Crippen LogP contribution in [0.5, 0.6) is 0 Å². The molecule has 1 rings (SSSR count). The van der Waals surface area contributed by atoms with E-state index in [2.05, 4.69) is 25.0 Å². The van der Waals surface area contributed by atoms with E-state index < -0.39 is 21.4 Å². The molecule has 0 spiro atoms. The van der Waals surface area contributed by atoms with Gasteiger partial charge in [0.15, 0.2) is 0 Å². The van der Waals surface area contributed by atoms with Crippen LogP contribution < -0.4 is 3.12 Å². The Balaban J connectivity index is 2.56. The summed E-state index contributed by atoms with van der Waals surface area (Å²) in [5, 5.41) is 0. The summed E-state index contributed by atoms with van der Waals surface area (Å²) in [5.41, 5.74) is 0. The van der Waals surface area contributed by atoms with Crippen molar-refractivity contribution in [3.05, 3.63) is 18.5 Å². The quantitative estimate of drug-likeness (QED) is 0.771. The molecule has 0 saturated heterocycles. The molecule has 0 aliphatic heterocycles. The average Bonchev–Trinajstić information content (AvgIpc) is 2.21. The number of aromatic nitrogens is 2. The van der Waals surface area contributed by atoms with E-state index in [1.54, 1.807) is 0 Å². The summed E-state index contributed by atoms with van der Waals surface area (Å²) in [6.45, 7) is 3.34. The van der Waals surface area contributed by atoms with Crippen molar-refractivity contribution >= 4 is 27.4 Å². The van der Waals surface area contributed by atoms with Gasteiger partial charge in [-0.15, -0.1) is 0 Å². The SMILES string of the molecule is CCCC[N]([Sn][CH3])c1ncccn1. The number of nitrogens with zero attached hydrogens (tertiary/aromatic N) is 3. The van der Waals surface area contributed by atoms with Crippen molar-refractivity contribution in [2.75, 3.05) is 9.67 Å². The van der Waals surface area contributed by atoms with Gasteiger partial charge in [0.05, 0.1) is 0 Å². The Morgan fingerprint density at radius 3 is 2.62 bits per heavy atom. The first kappa shape index (κ1) is 10.8. The molecular formula is C9H15N3Sn. The summed E-state index contributed by atoms with van der Waals surface area (Å²) < 4.78 is 2.37. The van der Waals surface area contributed by atoms with Crippen molar-refractivity contribution in [3.8, 4) is 0 Å². The third kappa shape index (κ3) is 3.50. The van der Waals surface area contributed by atoms with Crippen LogP contribution in [0, 0.1) is 0 Å². The predicted molar refractivity (Wildman–Crippen MR) is 55.9 cm³/mol. The molecule has 0 bridgehead atoms. The third-order valence-corrected chi connectivity index (χ3v) is 4.55. The molecule has 1 heterocycles. The number of hydrogen-bond donors (Lipinski definition) is 0. The van der Waals surface area contributed by atoms with Crippen molar-refractivity contribution in [1.82, 2.24) is 9.97 Å². The van der Waals surface area contributed by atoms with Crippen LogP contribution in [-0.4, -0.2) is 37.9 Å². The van der Waals surface area contributed by atoms with Crippen LogP contribution >= 0.6 is 0 Å². The van der Waals surface area contributed by atoms with Gasteiger partial charge in [-0.3, -0.25) is 0 Å². The monoisotopic (exact) mass is 285 g/mol. The maximum atomic E-state index is 4.26. The van der Waals surface area contributed by atoms with E-state index in [9.17, 15) is 0 Å². The van der Waals surface area contributed by atoms with Crippen molar-refractivity contribution in [3.63, 3.8) is 0 Å². The molecule has 0 aliphatic carbocycles. The Hall–Kier alpha value is -0.321. The van der Waals surface area contributed by atoms with Gasteiger partial charge in [-0.05, 0) is 0 Å². The van der Waals surface area contributed by atoms with Crippen LogP contribution in [0.2, 0.25) is 4.94 Å². The van der Waals surface area contributed by atoms with Crippen LogP contribution in [0.15, 0.2) is 18.5 Å². The standard InChI is InChI=1S/C8H12N3.CH3.Sn/c1-2-3-5-9-8-10-6-4-7-11-8;;/h4,6-7H,2-3,5H2,1H3;1H3;/q-1;;+1. The van der Waals surface area contributed by atoms with Gasteiger partial charge >= 0.3 is 90.2 Å². The molecule has 3 nitrogen and oxygen atoms in total. The summed E-state index contributed by atoms with van der Waals surface area (Å²) in [7, 11) is 0. The molecule has 0 fully saturated rings. The molecule has 0 atom stereocenters. The molecule has 13 heavy (non-hydrogen) atoms. The minimum absolute atomic E-state index is 0.442. The molecule has 1 aromatic heterocycles. The number of rotatable bonds is 5. The number of hydrogen-bond acceptors (Lipinski definition) is 3. The Kier molecular flexibility index (Phi) is 5.11. The molecule has 0 saturated carbocycles. The molecule has 0 aromatic carbocycles. The zero-order valence-corrected chi connectivity index (χ0v) is 11.0. The third-order valence-electron chi connectivity index (χ3n) is 1.80. The van der Waals surface area contributed by atoms with E-state index in [-0.39, 0.29) is 0 Å². The summed E-state index contributed by atoms with van der Waals surface area (Å²) in [4.78, 5) is 10.8. The Morgan fingerprint density at radius 2 is 2.08 bits per heavy atom. The molecule has 70 valence electrons. The van der Waals surface area contributed by atoms with E-state index in [4.69, 9.17) is 0 Å². The van der Waals surface area contributed by atoms with Crippen LogP contribution in [0.25, 0.3) is 0 Å². The molecule has 4 heteroatoms. The van der Waals surface area contributed by atoms with E-state index >= 15 is 0 Å². The minimum atomic E-state index is -0.442. The zero-order valence-electron chi connectivity index (χ0n) is 8.20. The molecule has 0 aliphatic rings. The van der Waals surface area contributed by atoms with Gasteiger partial charge in [0, 0.05) is 0 Å². The van der Waals surface area contributed by atoms with Gasteiger partial charge in [-0.2, -0.15) is 0 Å². The Morgan fingerprint density at radius 1 is 1.38 bits per heavy atom. The molecule has 0 N–H and O–H groups in total. The first-order chi connectivity index (χ1) is 6.38. The van der Waals surface area contributed by atoms with Gasteiger partial charge in [-0.25, -0.2) is 0 Å². The fourth-order valence-electron chi connectivity index (χ4n) is 1.06. The van der Waals surface area contributed by atoms with Crippen molar-refractivity contribution < 1.29 is 0 Å². The second-order valence-corrected chi connectivity index (χ2v) is 5.59. The number of unbranched alkanes of at least 4 members (excludes halogenated alkanes) is 1. The zero-order chi connectivity index (χ0) is 9.52. The summed E-state index contributed by atoms with van der Waals surface area (Å²) in [6.07, 6.45) is 6.11. The Bertz CT molecular complexity index is 228. The molecule has 2 radical (unpaired) electrons. The van der Waals surface area contributed by atoms with Gasteiger partial charge in [0.25, 0.3) is 0 Å². The van der Waals surface area contributed by atoms with Crippen molar-refractivity contribution in [2.24, 2.45) is 0 Å². The van der Waals surface area contributed by atoms with Gasteiger partial charge in [-0.1, -0.05) is 0 Å². The fourth-order valence-corrected chi connectivity index (χ4v) is 3.05. The second kappa shape index (κ2) is 6.18. The normalized spacial score (nSPS) is 10.0. The average molecular weight is 284 g/mol. The molecule has 0 amide bonds. The molecule has 1 aromatic rings. The maximum absolute atomic E-state index is 4.26. The molecular weight excluding hydrogens is 269 g/mol. The van der Waals surface area contributed by atoms with E-state index in [1.165, 1.54) is 12.8 Å². The van der Waals surface area contributed by atoms with Gasteiger partial charge in [0.2, 0.25) is 0 Å². The van der Waals surface area contributed by atoms with Gasteiger partial charge < -0.3 is 0 Å². The summed E-state index contributed by atoms with van der Waals surface area (Å²) >= 11 is -0.442.